The van der Waals surface area contributed by atoms with Crippen LogP contribution in [0.1, 0.15) is 23.7 Å². The highest BCUT2D eigenvalue weighted by molar-refractivity contribution is 6.31. The normalized spacial score (nSPS) is 11.8. The smallest absolute Gasteiger partial charge is 0.338 e. The fourth-order valence-corrected chi connectivity index (χ4v) is 3.27. The number of halogens is 2. The Balaban J connectivity index is 1.48. The number of anilines is 1. The number of benzene rings is 2. The standard InChI is InChI=1S/C23H18ClFN4O3/c1-2-20(22(30)27-15-6-7-17(25)16(24)11-15)32-23(31)13-5-8-18-19(10-13)29-21(28-18)14-4-3-9-26-12-14/h3-12,20H,2H2,1H3,(H,27,30)(H,28,29). The minimum atomic E-state index is -1.03. The van der Waals surface area contributed by atoms with Gasteiger partial charge in [0.25, 0.3) is 5.91 Å². The molecule has 0 aliphatic rings. The second kappa shape index (κ2) is 9.15. The highest BCUT2D eigenvalue weighted by atomic mass is 35.5. The lowest BCUT2D eigenvalue weighted by atomic mass is 10.2. The van der Waals surface area contributed by atoms with Gasteiger partial charge in [-0.25, -0.2) is 14.2 Å². The highest BCUT2D eigenvalue weighted by Crippen LogP contribution is 2.22. The van der Waals surface area contributed by atoms with E-state index in [1.165, 1.54) is 12.1 Å². The summed E-state index contributed by atoms with van der Waals surface area (Å²) in [6.45, 7) is 1.72. The molecule has 1 amide bonds. The van der Waals surface area contributed by atoms with Crippen LogP contribution in [0.15, 0.2) is 60.9 Å². The van der Waals surface area contributed by atoms with Crippen LogP contribution in [-0.2, 0) is 9.53 Å². The Morgan fingerprint density at radius 3 is 2.78 bits per heavy atom. The average molecular weight is 453 g/mol. The maximum Gasteiger partial charge on any atom is 0.338 e. The van der Waals surface area contributed by atoms with Crippen molar-refractivity contribution in [1.82, 2.24) is 15.0 Å². The highest BCUT2D eigenvalue weighted by Gasteiger charge is 2.23. The Bertz CT molecular complexity index is 1290. The summed E-state index contributed by atoms with van der Waals surface area (Å²) in [6, 6.07) is 12.4. The van der Waals surface area contributed by atoms with Crippen LogP contribution in [0.4, 0.5) is 10.1 Å². The minimum absolute atomic E-state index is 0.119. The lowest BCUT2D eigenvalue weighted by Crippen LogP contribution is -2.32. The van der Waals surface area contributed by atoms with E-state index < -0.39 is 23.8 Å². The van der Waals surface area contributed by atoms with Crippen molar-refractivity contribution >= 4 is 40.2 Å². The molecule has 0 aliphatic heterocycles. The molecule has 0 radical (unpaired) electrons. The molecular weight excluding hydrogens is 435 g/mol. The van der Waals surface area contributed by atoms with E-state index in [4.69, 9.17) is 16.3 Å². The van der Waals surface area contributed by atoms with Crippen LogP contribution < -0.4 is 5.32 Å². The number of aromatic nitrogens is 3. The van der Waals surface area contributed by atoms with Crippen LogP contribution in [0.25, 0.3) is 22.4 Å². The second-order valence-electron chi connectivity index (χ2n) is 6.98. The topological polar surface area (TPSA) is 97.0 Å². The first kappa shape index (κ1) is 21.5. The summed E-state index contributed by atoms with van der Waals surface area (Å²) in [5.41, 5.74) is 2.72. The summed E-state index contributed by atoms with van der Waals surface area (Å²) in [5.74, 6) is -1.15. The summed E-state index contributed by atoms with van der Waals surface area (Å²) in [4.78, 5) is 36.9. The zero-order chi connectivity index (χ0) is 22.7. The zero-order valence-corrected chi connectivity index (χ0v) is 17.7. The van der Waals surface area contributed by atoms with E-state index in [2.05, 4.69) is 20.3 Å². The second-order valence-corrected chi connectivity index (χ2v) is 7.39. The van der Waals surface area contributed by atoms with Crippen molar-refractivity contribution < 1.29 is 18.7 Å². The molecule has 4 rings (SSSR count). The minimum Gasteiger partial charge on any atom is -0.449 e. The van der Waals surface area contributed by atoms with Gasteiger partial charge in [0.2, 0.25) is 0 Å². The van der Waals surface area contributed by atoms with Gasteiger partial charge in [-0.1, -0.05) is 18.5 Å². The molecule has 2 N–H and O–H groups in total. The molecule has 32 heavy (non-hydrogen) atoms. The Hall–Kier alpha value is -3.78. The SMILES string of the molecule is CCC(OC(=O)c1ccc2nc(-c3cccnc3)[nH]c2c1)C(=O)Nc1ccc(F)c(Cl)c1. The van der Waals surface area contributed by atoms with Gasteiger partial charge in [0, 0.05) is 23.6 Å². The average Bonchev–Trinajstić information content (AvgIpc) is 3.23. The van der Waals surface area contributed by atoms with Crippen LogP contribution in [0.5, 0.6) is 0 Å². The Morgan fingerprint density at radius 1 is 1.22 bits per heavy atom. The monoisotopic (exact) mass is 452 g/mol. The van der Waals surface area contributed by atoms with Gasteiger partial charge in [0.15, 0.2) is 6.10 Å². The fourth-order valence-electron chi connectivity index (χ4n) is 3.09. The van der Waals surface area contributed by atoms with Gasteiger partial charge in [-0.15, -0.1) is 0 Å². The summed E-state index contributed by atoms with van der Waals surface area (Å²) in [5, 5.41) is 2.46. The van der Waals surface area contributed by atoms with E-state index in [0.29, 0.717) is 22.5 Å². The third-order valence-corrected chi connectivity index (χ3v) is 5.04. The third-order valence-electron chi connectivity index (χ3n) is 4.75. The van der Waals surface area contributed by atoms with Crippen molar-refractivity contribution in [3.05, 3.63) is 77.3 Å². The molecule has 0 saturated carbocycles. The maximum absolute atomic E-state index is 13.3. The molecule has 4 aromatic rings. The molecule has 2 aromatic heterocycles. The number of pyridine rings is 1. The number of H-pyrrole nitrogens is 1. The van der Waals surface area contributed by atoms with Crippen molar-refractivity contribution in [3.63, 3.8) is 0 Å². The van der Waals surface area contributed by atoms with Gasteiger partial charge in [-0.05, 0) is 55.0 Å². The maximum atomic E-state index is 13.3. The van der Waals surface area contributed by atoms with E-state index in [0.717, 1.165) is 11.6 Å². The number of hydrogen-bond donors (Lipinski definition) is 2. The summed E-state index contributed by atoms with van der Waals surface area (Å²) >= 11 is 5.74. The number of fused-ring (bicyclic) bond motifs is 1. The fraction of sp³-hybridized carbons (Fsp3) is 0.130. The van der Waals surface area contributed by atoms with Crippen LogP contribution >= 0.6 is 11.6 Å². The Kier molecular flexibility index (Phi) is 6.13. The Labute approximate surface area is 187 Å². The van der Waals surface area contributed by atoms with Gasteiger partial charge < -0.3 is 15.0 Å². The number of esters is 1. The van der Waals surface area contributed by atoms with Crippen molar-refractivity contribution in [3.8, 4) is 11.4 Å². The molecule has 162 valence electrons. The van der Waals surface area contributed by atoms with E-state index in [1.807, 2.05) is 6.07 Å². The quantitative estimate of drug-likeness (QED) is 0.401. The molecule has 0 saturated heterocycles. The number of imidazole rings is 1. The van der Waals surface area contributed by atoms with Crippen LogP contribution in [0.3, 0.4) is 0 Å². The first-order valence-electron chi connectivity index (χ1n) is 9.81. The number of rotatable bonds is 6. The first-order chi connectivity index (χ1) is 15.4. The molecule has 2 aromatic carbocycles. The molecule has 1 unspecified atom stereocenters. The van der Waals surface area contributed by atoms with Crippen LogP contribution in [-0.4, -0.2) is 32.9 Å². The number of hydrogen-bond acceptors (Lipinski definition) is 5. The van der Waals surface area contributed by atoms with Gasteiger partial charge in [0.05, 0.1) is 21.6 Å². The number of amides is 1. The molecule has 0 fully saturated rings. The van der Waals surface area contributed by atoms with Crippen molar-refractivity contribution in [2.45, 2.75) is 19.4 Å². The van der Waals surface area contributed by atoms with Crippen LogP contribution in [0, 0.1) is 5.82 Å². The van der Waals surface area contributed by atoms with E-state index in [1.54, 1.807) is 43.6 Å². The van der Waals surface area contributed by atoms with E-state index in [-0.39, 0.29) is 17.0 Å². The summed E-state index contributed by atoms with van der Waals surface area (Å²) < 4.78 is 18.7. The van der Waals surface area contributed by atoms with Crippen molar-refractivity contribution in [2.24, 2.45) is 0 Å². The molecule has 0 aliphatic carbocycles. The molecule has 2 heterocycles. The number of ether oxygens (including phenoxy) is 1. The molecule has 1 atom stereocenters. The predicted molar refractivity (Wildman–Crippen MR) is 119 cm³/mol. The number of carbonyl (C=O) groups excluding carboxylic acids is 2. The Morgan fingerprint density at radius 2 is 2.06 bits per heavy atom. The number of aromatic amines is 1. The van der Waals surface area contributed by atoms with Crippen molar-refractivity contribution in [1.29, 1.82) is 0 Å². The van der Waals surface area contributed by atoms with Crippen LogP contribution in [0.2, 0.25) is 5.02 Å². The number of nitrogens with zero attached hydrogens (tertiary/aromatic N) is 2. The van der Waals surface area contributed by atoms with Gasteiger partial charge >= 0.3 is 5.97 Å². The molecule has 9 heteroatoms. The van der Waals surface area contributed by atoms with Gasteiger partial charge in [0.1, 0.15) is 11.6 Å². The number of carbonyl (C=O) groups is 2. The number of nitrogens with one attached hydrogen (secondary N) is 2. The molecule has 7 nitrogen and oxygen atoms in total. The lowest BCUT2D eigenvalue weighted by Gasteiger charge is -2.16. The molecular formula is C23H18ClFN4O3. The van der Waals surface area contributed by atoms with Crippen molar-refractivity contribution in [2.75, 3.05) is 5.32 Å². The lowest BCUT2D eigenvalue weighted by molar-refractivity contribution is -0.124. The zero-order valence-electron chi connectivity index (χ0n) is 16.9. The summed E-state index contributed by atoms with van der Waals surface area (Å²) in [7, 11) is 0. The largest absolute Gasteiger partial charge is 0.449 e. The third kappa shape index (κ3) is 4.60. The first-order valence-corrected chi connectivity index (χ1v) is 10.2. The summed E-state index contributed by atoms with van der Waals surface area (Å²) in [6.07, 6.45) is 2.58. The van der Waals surface area contributed by atoms with E-state index >= 15 is 0 Å². The van der Waals surface area contributed by atoms with E-state index in [9.17, 15) is 14.0 Å². The molecule has 0 spiro atoms. The predicted octanol–water partition coefficient (Wildman–Crippen LogP) is 4.99. The van der Waals surface area contributed by atoms with Gasteiger partial charge in [-0.3, -0.25) is 9.78 Å². The van der Waals surface area contributed by atoms with Gasteiger partial charge in [-0.2, -0.15) is 0 Å². The molecule has 0 bridgehead atoms.